The molecule has 3 aliphatic carbocycles. The third-order valence-electron chi connectivity index (χ3n) is 3.68. The number of hydrogen-bond acceptors (Lipinski definition) is 5. The first-order chi connectivity index (χ1) is 8.62. The van der Waals surface area contributed by atoms with E-state index in [0.29, 0.717) is 18.0 Å². The van der Waals surface area contributed by atoms with Crippen molar-refractivity contribution >= 4 is 23.4 Å². The molecule has 0 atom stereocenters. The van der Waals surface area contributed by atoms with Gasteiger partial charge in [0.05, 0.1) is 6.61 Å². The van der Waals surface area contributed by atoms with E-state index in [4.69, 9.17) is 16.3 Å². The van der Waals surface area contributed by atoms with Gasteiger partial charge in [-0.25, -0.2) is 9.78 Å². The second-order valence-electron chi connectivity index (χ2n) is 5.01. The van der Waals surface area contributed by atoms with Crippen LogP contribution in [-0.2, 0) is 4.74 Å². The van der Waals surface area contributed by atoms with Crippen LogP contribution < -0.4 is 5.32 Å². The fraction of sp³-hybridized carbons (Fsp3) is 0.583. The van der Waals surface area contributed by atoms with Crippen LogP contribution >= 0.6 is 11.6 Å². The molecule has 0 radical (unpaired) electrons. The summed E-state index contributed by atoms with van der Waals surface area (Å²) in [6.07, 6.45) is 4.87. The Balaban J connectivity index is 1.85. The second-order valence-corrected chi connectivity index (χ2v) is 5.34. The predicted octanol–water partition coefficient (Wildman–Crippen LogP) is 2.27. The Labute approximate surface area is 110 Å². The Kier molecular flexibility index (Phi) is 2.66. The van der Waals surface area contributed by atoms with E-state index >= 15 is 0 Å². The molecule has 1 aromatic rings. The second kappa shape index (κ2) is 4.09. The highest BCUT2D eigenvalue weighted by atomic mass is 35.5. The van der Waals surface area contributed by atoms with Crippen molar-refractivity contribution in [1.29, 1.82) is 0 Å². The number of aromatic nitrogens is 2. The quantitative estimate of drug-likeness (QED) is 0.670. The monoisotopic (exact) mass is 267 g/mol. The van der Waals surface area contributed by atoms with Crippen LogP contribution in [0.3, 0.4) is 0 Å². The third kappa shape index (κ3) is 1.82. The van der Waals surface area contributed by atoms with Crippen LogP contribution in [0.25, 0.3) is 0 Å². The van der Waals surface area contributed by atoms with Crippen molar-refractivity contribution in [1.82, 2.24) is 9.97 Å². The molecule has 3 saturated carbocycles. The van der Waals surface area contributed by atoms with E-state index in [9.17, 15) is 4.79 Å². The first kappa shape index (κ1) is 11.7. The number of carbonyl (C=O) groups excluding carboxylic acids is 1. The van der Waals surface area contributed by atoms with E-state index in [2.05, 4.69) is 15.3 Å². The van der Waals surface area contributed by atoms with Crippen LogP contribution in [-0.4, -0.2) is 28.1 Å². The van der Waals surface area contributed by atoms with Gasteiger partial charge in [0.25, 0.3) is 0 Å². The molecular formula is C12H14ClN3O2. The van der Waals surface area contributed by atoms with Crippen LogP contribution in [0.4, 0.5) is 5.82 Å². The van der Waals surface area contributed by atoms with Crippen molar-refractivity contribution in [3.05, 3.63) is 17.0 Å². The van der Waals surface area contributed by atoms with E-state index in [0.717, 1.165) is 25.2 Å². The largest absolute Gasteiger partial charge is 0.462 e. The Morgan fingerprint density at radius 2 is 2.33 bits per heavy atom. The van der Waals surface area contributed by atoms with Crippen LogP contribution in [0.1, 0.15) is 36.5 Å². The van der Waals surface area contributed by atoms with Gasteiger partial charge in [0.15, 0.2) is 0 Å². The summed E-state index contributed by atoms with van der Waals surface area (Å²) in [4.78, 5) is 19.8. The van der Waals surface area contributed by atoms with Gasteiger partial charge < -0.3 is 10.1 Å². The standard InChI is InChI=1S/C12H14ClN3O2/c1-2-18-10(17)8-6-14-11(13)15-9(8)16-12-3-7(4-12)5-12/h6-7H,2-5H2,1H3,(H,14,15,16). The number of nitrogens with zero attached hydrogens (tertiary/aromatic N) is 2. The van der Waals surface area contributed by atoms with Crippen molar-refractivity contribution in [2.24, 2.45) is 5.92 Å². The zero-order valence-corrected chi connectivity index (χ0v) is 10.8. The lowest BCUT2D eigenvalue weighted by Crippen LogP contribution is -2.63. The topological polar surface area (TPSA) is 64.1 Å². The summed E-state index contributed by atoms with van der Waals surface area (Å²) in [5, 5.41) is 3.47. The first-order valence-corrected chi connectivity index (χ1v) is 6.47. The van der Waals surface area contributed by atoms with Gasteiger partial charge in [0, 0.05) is 11.7 Å². The summed E-state index contributed by atoms with van der Waals surface area (Å²) < 4.78 is 4.99. The highest BCUT2D eigenvalue weighted by Gasteiger charge is 2.57. The summed E-state index contributed by atoms with van der Waals surface area (Å²) in [5.74, 6) is 0.927. The lowest BCUT2D eigenvalue weighted by atomic mass is 9.50. The van der Waals surface area contributed by atoms with Gasteiger partial charge in [-0.15, -0.1) is 0 Å². The predicted molar refractivity (Wildman–Crippen MR) is 66.7 cm³/mol. The minimum Gasteiger partial charge on any atom is -0.462 e. The van der Waals surface area contributed by atoms with E-state index in [-0.39, 0.29) is 10.8 Å². The lowest BCUT2D eigenvalue weighted by Gasteiger charge is -2.62. The molecule has 0 aliphatic heterocycles. The molecule has 96 valence electrons. The molecule has 0 unspecified atom stereocenters. The highest BCUT2D eigenvalue weighted by molar-refractivity contribution is 6.28. The van der Waals surface area contributed by atoms with Crippen LogP contribution in [0.2, 0.25) is 5.28 Å². The normalized spacial score (nSPS) is 28.0. The molecule has 1 aromatic heterocycles. The number of carbonyl (C=O) groups is 1. The van der Waals surface area contributed by atoms with Gasteiger partial charge in [0.2, 0.25) is 5.28 Å². The Bertz CT molecular complexity index is 489. The number of esters is 1. The molecule has 6 heteroatoms. The van der Waals surface area contributed by atoms with Gasteiger partial charge in [-0.1, -0.05) is 0 Å². The number of hydrogen-bond donors (Lipinski definition) is 1. The molecule has 3 fully saturated rings. The molecule has 0 saturated heterocycles. The highest BCUT2D eigenvalue weighted by Crippen LogP contribution is 2.58. The molecule has 0 spiro atoms. The molecular weight excluding hydrogens is 254 g/mol. The average Bonchev–Trinajstić information content (AvgIpc) is 2.22. The van der Waals surface area contributed by atoms with Crippen molar-refractivity contribution < 1.29 is 9.53 Å². The number of anilines is 1. The van der Waals surface area contributed by atoms with Crippen molar-refractivity contribution in [2.45, 2.75) is 31.7 Å². The smallest absolute Gasteiger partial charge is 0.343 e. The van der Waals surface area contributed by atoms with Gasteiger partial charge in [-0.05, 0) is 43.7 Å². The zero-order chi connectivity index (χ0) is 12.8. The third-order valence-corrected chi connectivity index (χ3v) is 3.86. The molecule has 2 bridgehead atoms. The summed E-state index contributed by atoms with van der Waals surface area (Å²) in [7, 11) is 0. The van der Waals surface area contributed by atoms with Gasteiger partial charge >= 0.3 is 5.97 Å². The zero-order valence-electron chi connectivity index (χ0n) is 10.1. The van der Waals surface area contributed by atoms with Crippen molar-refractivity contribution in [3.8, 4) is 0 Å². The van der Waals surface area contributed by atoms with E-state index in [1.807, 2.05) is 0 Å². The van der Waals surface area contributed by atoms with Crippen molar-refractivity contribution in [3.63, 3.8) is 0 Å². The number of nitrogens with one attached hydrogen (secondary N) is 1. The Morgan fingerprint density at radius 3 is 2.89 bits per heavy atom. The maximum atomic E-state index is 11.8. The van der Waals surface area contributed by atoms with E-state index in [1.165, 1.54) is 6.20 Å². The lowest BCUT2D eigenvalue weighted by molar-refractivity contribution is 0.00168. The molecule has 0 aromatic carbocycles. The maximum absolute atomic E-state index is 11.8. The van der Waals surface area contributed by atoms with E-state index < -0.39 is 5.97 Å². The van der Waals surface area contributed by atoms with Crippen LogP contribution in [0.5, 0.6) is 0 Å². The summed E-state index contributed by atoms with van der Waals surface area (Å²) in [6, 6.07) is 0. The molecule has 1 N–H and O–H groups in total. The molecule has 18 heavy (non-hydrogen) atoms. The van der Waals surface area contributed by atoms with Crippen molar-refractivity contribution in [2.75, 3.05) is 11.9 Å². The van der Waals surface area contributed by atoms with Gasteiger partial charge in [-0.3, -0.25) is 0 Å². The van der Waals surface area contributed by atoms with E-state index in [1.54, 1.807) is 6.92 Å². The summed E-state index contributed by atoms with van der Waals surface area (Å²) in [6.45, 7) is 2.09. The molecule has 0 amide bonds. The molecule has 5 nitrogen and oxygen atoms in total. The molecule has 4 rings (SSSR count). The molecule has 3 aliphatic rings. The molecule has 1 heterocycles. The summed E-state index contributed by atoms with van der Waals surface area (Å²) >= 11 is 5.79. The fourth-order valence-corrected chi connectivity index (χ4v) is 2.83. The minimum absolute atomic E-state index is 0.129. The number of rotatable bonds is 4. The summed E-state index contributed by atoms with van der Waals surface area (Å²) in [5.41, 5.74) is 0.481. The fourth-order valence-electron chi connectivity index (χ4n) is 2.70. The van der Waals surface area contributed by atoms with Gasteiger partial charge in [0.1, 0.15) is 11.4 Å². The minimum atomic E-state index is -0.414. The number of halogens is 1. The van der Waals surface area contributed by atoms with Crippen LogP contribution in [0.15, 0.2) is 6.20 Å². The SMILES string of the molecule is CCOC(=O)c1cnc(Cl)nc1NC12CC(C1)C2. The van der Waals surface area contributed by atoms with Crippen LogP contribution in [0, 0.1) is 5.92 Å². The first-order valence-electron chi connectivity index (χ1n) is 6.10. The maximum Gasteiger partial charge on any atom is 0.343 e. The Hall–Kier alpha value is -1.36. The Morgan fingerprint density at radius 1 is 1.61 bits per heavy atom. The number of ether oxygens (including phenoxy) is 1. The average molecular weight is 268 g/mol. The van der Waals surface area contributed by atoms with Gasteiger partial charge in [-0.2, -0.15) is 4.98 Å².